The minimum atomic E-state index is -2.57. The summed E-state index contributed by atoms with van der Waals surface area (Å²) in [5.74, 6) is -10.4. The molecule has 424 valence electrons. The maximum Gasteiger partial charge on any atom is 0.329 e. The number of Topliss-reactive ketones (excluding diaryl/α,β-unsaturated/α-hetero) is 2. The Kier molecular flexibility index (Phi) is 22.6. The Labute approximate surface area is 442 Å². The monoisotopic (exact) mass is 1060 g/mol. The molecule has 2 bridgehead atoms. The highest BCUT2D eigenvalue weighted by Gasteiger charge is 2.57. The number of nitrogens with zero attached hydrogens (tertiary/aromatic N) is 1. The molecule has 2 N–H and O–H groups in total. The highest BCUT2D eigenvalue weighted by Crippen LogP contribution is 2.40. The predicted octanol–water partition coefficient (Wildman–Crippen LogP) is 5.04. The van der Waals surface area contributed by atoms with E-state index in [1.807, 2.05) is 32.9 Å². The molecule has 19 atom stereocenters. The van der Waals surface area contributed by atoms with Crippen LogP contribution in [-0.4, -0.2) is 170 Å². The van der Waals surface area contributed by atoms with Crippen molar-refractivity contribution in [3.63, 3.8) is 0 Å². The molecule has 0 aromatic rings. The van der Waals surface area contributed by atoms with E-state index >= 15 is 0 Å². The lowest BCUT2D eigenvalue weighted by molar-refractivity contribution is -0.318. The lowest BCUT2D eigenvalue weighted by Gasteiger charge is -2.47. The minimum absolute atomic E-state index is 0.0159. The van der Waals surface area contributed by atoms with Gasteiger partial charge in [-0.15, -0.1) is 0 Å². The van der Waals surface area contributed by atoms with Gasteiger partial charge in [-0.3, -0.25) is 28.8 Å². The zero-order valence-electron chi connectivity index (χ0n) is 46.3. The summed E-state index contributed by atoms with van der Waals surface area (Å²) in [4.78, 5) is 95.5. The van der Waals surface area contributed by atoms with Crippen LogP contribution in [0, 0.1) is 29.6 Å². The molecule has 1 saturated carbocycles. The molecular formula is C55H85NO19. The molecule has 0 radical (unpaired) electrons. The lowest BCUT2D eigenvalue weighted by atomic mass is 9.81. The smallest absolute Gasteiger partial charge is 0.329 e. The zero-order chi connectivity index (χ0) is 55.6. The average Bonchev–Trinajstić information content (AvgIpc) is 3.35. The molecule has 1 amide bonds. The van der Waals surface area contributed by atoms with Crippen LogP contribution in [0.15, 0.2) is 23.3 Å². The molecule has 5 rings (SSSR count). The van der Waals surface area contributed by atoms with Crippen LogP contribution in [-0.2, 0) is 80.9 Å². The van der Waals surface area contributed by atoms with Crippen molar-refractivity contribution in [2.24, 2.45) is 29.6 Å². The molecule has 0 aromatic carbocycles. The molecule has 5 unspecified atom stereocenters. The van der Waals surface area contributed by atoms with E-state index in [9.17, 15) is 43.8 Å². The van der Waals surface area contributed by atoms with Crippen LogP contribution < -0.4 is 0 Å². The normalized spacial score (nSPS) is 40.0. The van der Waals surface area contributed by atoms with E-state index in [1.54, 1.807) is 27.7 Å². The molecule has 4 aliphatic heterocycles. The molecule has 20 nitrogen and oxygen atoms in total. The number of aliphatic hydroxyl groups excluding tert-OH is 1. The van der Waals surface area contributed by atoms with E-state index < -0.39 is 139 Å². The Morgan fingerprint density at radius 1 is 0.787 bits per heavy atom. The Hall–Kier alpha value is -4.15. The maximum atomic E-state index is 14.7. The van der Waals surface area contributed by atoms with Crippen LogP contribution in [0.5, 0.6) is 0 Å². The number of allylic oxidation sites excluding steroid dienone is 3. The Bertz CT molecular complexity index is 2080. The van der Waals surface area contributed by atoms with E-state index in [0.29, 0.717) is 56.9 Å². The standard InChI is InChI=1S/C55H85NO19/c1-14-38-22-28(2)21-29(3)23-44(67-12)48-45(68-13)25-31(5)55(65,75-48)51(62)52(63)56-20-16-15-17-39(56)53(64)74-46(32(6)40(60)27-41(38)61)30(4)24-37-18-19-42(43(26-37)66-11)73-54-50(72-36(10)59)49(71-35(9)58)47(33(7)69-54)70-34(8)57/h22,24,29,31-33,37-40,42-50,54,60,65H,14-21,23,25-27H2,1-13H3/b28-22+,30-24+/t29-,31+,32+,33?,37-,38+,39-,40-,42+,43+,44-,45-,46+,47?,48+,49?,50?,54?,55+/m0/s1. The summed E-state index contributed by atoms with van der Waals surface area (Å²) in [6, 6.07) is -1.23. The van der Waals surface area contributed by atoms with Gasteiger partial charge < -0.3 is 62.5 Å². The summed E-state index contributed by atoms with van der Waals surface area (Å²) in [7, 11) is 4.55. The van der Waals surface area contributed by atoms with Gasteiger partial charge in [0.1, 0.15) is 24.0 Å². The molecular weight excluding hydrogens is 979 g/mol. The molecule has 3 saturated heterocycles. The number of piperidine rings is 1. The number of hydrogen-bond donors (Lipinski definition) is 2. The third kappa shape index (κ3) is 15.3. The van der Waals surface area contributed by atoms with Crippen molar-refractivity contribution in [3.8, 4) is 0 Å². The summed E-state index contributed by atoms with van der Waals surface area (Å²) in [6.07, 6.45) is -3.75. The summed E-state index contributed by atoms with van der Waals surface area (Å²) in [5, 5.41) is 24.1. The fourth-order valence-electron chi connectivity index (χ4n) is 11.8. The van der Waals surface area contributed by atoms with Crippen LogP contribution in [0.2, 0.25) is 0 Å². The predicted molar refractivity (Wildman–Crippen MR) is 268 cm³/mol. The second kappa shape index (κ2) is 27.4. The zero-order valence-corrected chi connectivity index (χ0v) is 46.3. The number of ketones is 2. The number of cyclic esters (lactones) is 1. The van der Waals surface area contributed by atoms with Crippen LogP contribution in [0.4, 0.5) is 0 Å². The van der Waals surface area contributed by atoms with Crippen molar-refractivity contribution >= 4 is 41.4 Å². The van der Waals surface area contributed by atoms with E-state index in [1.165, 1.54) is 42.1 Å². The molecule has 4 heterocycles. The number of hydrogen-bond acceptors (Lipinski definition) is 19. The molecule has 4 fully saturated rings. The Morgan fingerprint density at radius 2 is 1.40 bits per heavy atom. The average molecular weight is 1060 g/mol. The van der Waals surface area contributed by atoms with Crippen molar-refractivity contribution in [2.45, 2.75) is 225 Å². The van der Waals surface area contributed by atoms with Crippen molar-refractivity contribution in [1.82, 2.24) is 4.90 Å². The van der Waals surface area contributed by atoms with Crippen molar-refractivity contribution in [2.75, 3.05) is 27.9 Å². The number of amides is 1. The van der Waals surface area contributed by atoms with Gasteiger partial charge in [0.15, 0.2) is 24.6 Å². The number of esters is 4. The van der Waals surface area contributed by atoms with Crippen molar-refractivity contribution in [3.05, 3.63) is 23.3 Å². The largest absolute Gasteiger partial charge is 0.456 e. The summed E-state index contributed by atoms with van der Waals surface area (Å²) >= 11 is 0. The third-order valence-corrected chi connectivity index (χ3v) is 15.8. The number of carbonyl (C=O) groups is 7. The van der Waals surface area contributed by atoms with Crippen LogP contribution in [0.25, 0.3) is 0 Å². The topological polar surface area (TPSA) is 255 Å². The maximum absolute atomic E-state index is 14.7. The van der Waals surface area contributed by atoms with Gasteiger partial charge >= 0.3 is 23.9 Å². The quantitative estimate of drug-likeness (QED) is 0.119. The molecule has 5 aliphatic rings. The van der Waals surface area contributed by atoms with Gasteiger partial charge in [-0.25, -0.2) is 4.79 Å². The Balaban J connectivity index is 1.47. The van der Waals surface area contributed by atoms with E-state index in [0.717, 1.165) is 10.5 Å². The first-order valence-electron chi connectivity index (χ1n) is 26.8. The first kappa shape index (κ1) is 61.7. The number of aliphatic hydroxyl groups is 2. The number of fused-ring (bicyclic) bond motifs is 3. The molecule has 0 aromatic heterocycles. The van der Waals surface area contributed by atoms with Crippen molar-refractivity contribution < 1.29 is 91.1 Å². The summed E-state index contributed by atoms with van der Waals surface area (Å²) in [6.45, 7) is 16.2. The Morgan fingerprint density at radius 3 is 2.01 bits per heavy atom. The van der Waals surface area contributed by atoms with E-state index in [4.69, 9.17) is 47.4 Å². The van der Waals surface area contributed by atoms with Gasteiger partial charge in [0, 0.05) is 72.8 Å². The highest BCUT2D eigenvalue weighted by molar-refractivity contribution is 6.39. The third-order valence-electron chi connectivity index (χ3n) is 15.8. The summed E-state index contributed by atoms with van der Waals surface area (Å²) < 4.78 is 59.7. The van der Waals surface area contributed by atoms with Crippen LogP contribution in [0.3, 0.4) is 0 Å². The fourth-order valence-corrected chi connectivity index (χ4v) is 11.8. The van der Waals surface area contributed by atoms with Gasteiger partial charge in [-0.2, -0.15) is 0 Å². The number of carbonyl (C=O) groups excluding carboxylic acids is 7. The summed E-state index contributed by atoms with van der Waals surface area (Å²) in [5.41, 5.74) is 1.51. The fraction of sp³-hybridized carbons (Fsp3) is 0.800. The first-order valence-corrected chi connectivity index (χ1v) is 26.8. The lowest BCUT2D eigenvalue weighted by Crippen LogP contribution is -2.64. The van der Waals surface area contributed by atoms with Gasteiger partial charge in [0.05, 0.1) is 36.6 Å². The second-order valence-electron chi connectivity index (χ2n) is 21.7. The van der Waals surface area contributed by atoms with Gasteiger partial charge in [-0.1, -0.05) is 45.4 Å². The van der Waals surface area contributed by atoms with E-state index in [2.05, 4.69) is 0 Å². The first-order chi connectivity index (χ1) is 35.4. The number of methoxy groups -OCH3 is 3. The van der Waals surface area contributed by atoms with Gasteiger partial charge in [0.25, 0.3) is 11.7 Å². The number of ether oxygens (including phenoxy) is 10. The highest BCUT2D eigenvalue weighted by atomic mass is 16.7. The molecule has 20 heteroatoms. The second-order valence-corrected chi connectivity index (χ2v) is 21.7. The molecule has 0 spiro atoms. The minimum Gasteiger partial charge on any atom is -0.456 e. The molecule has 1 aliphatic carbocycles. The van der Waals surface area contributed by atoms with Gasteiger partial charge in [0.2, 0.25) is 5.79 Å². The number of rotatable bonds is 11. The van der Waals surface area contributed by atoms with Crippen LogP contribution >= 0.6 is 0 Å². The van der Waals surface area contributed by atoms with Gasteiger partial charge in [-0.05, 0) is 102 Å². The van der Waals surface area contributed by atoms with E-state index in [-0.39, 0.29) is 43.4 Å². The SMILES string of the molecule is CC[C@@H]1/C=C(\C)C[C@H](C)C[C@H](OC)[C@H]2O[C@@](O)(C(=O)C(=O)N3CCCC[C@H]3C(=O)O[C@H](/C(C)=C/[C@@H]3CC[C@@H](OC4OC(C)C(OC(C)=O)C(OC(C)=O)C4OC(C)=O)[C@H](OC)C3)[C@H](C)[C@@H](O)CC1=O)[C@H](C)C[C@@H]2OC. The van der Waals surface area contributed by atoms with Crippen molar-refractivity contribution in [1.29, 1.82) is 0 Å². The molecule has 75 heavy (non-hydrogen) atoms. The van der Waals surface area contributed by atoms with Crippen LogP contribution in [0.1, 0.15) is 140 Å².